The third-order valence-electron chi connectivity index (χ3n) is 5.81. The van der Waals surface area contributed by atoms with Crippen LogP contribution >= 0.6 is 0 Å². The highest BCUT2D eigenvalue weighted by Gasteiger charge is 2.28. The Morgan fingerprint density at radius 2 is 2.09 bits per heavy atom. The second-order valence-electron chi connectivity index (χ2n) is 8.45. The van der Waals surface area contributed by atoms with Crippen molar-refractivity contribution in [3.63, 3.8) is 0 Å². The highest BCUT2D eigenvalue weighted by atomic mass is 16.5. The van der Waals surface area contributed by atoms with Crippen LogP contribution in [0.3, 0.4) is 0 Å². The van der Waals surface area contributed by atoms with Gasteiger partial charge >= 0.3 is 5.97 Å². The fourth-order valence-electron chi connectivity index (χ4n) is 4.40. The number of H-pyrrole nitrogens is 1. The summed E-state index contributed by atoms with van der Waals surface area (Å²) < 4.78 is 11.2. The Balaban J connectivity index is 1.45. The third-order valence-corrected chi connectivity index (χ3v) is 5.81. The molecule has 0 fully saturated rings. The van der Waals surface area contributed by atoms with Gasteiger partial charge in [0.2, 0.25) is 5.82 Å². The summed E-state index contributed by atoms with van der Waals surface area (Å²) in [5, 5.41) is 14.4. The van der Waals surface area contributed by atoms with Crippen molar-refractivity contribution in [2.24, 2.45) is 0 Å². The summed E-state index contributed by atoms with van der Waals surface area (Å²) >= 11 is 0. The lowest BCUT2D eigenvalue weighted by molar-refractivity contribution is -0.137. The van der Waals surface area contributed by atoms with Crippen LogP contribution in [0.15, 0.2) is 40.9 Å². The average Bonchev–Trinajstić information content (AvgIpc) is 3.45. The Morgan fingerprint density at radius 1 is 1.28 bits per heavy atom. The summed E-state index contributed by atoms with van der Waals surface area (Å²) in [7, 11) is 0. The number of aromatic amines is 1. The number of aromatic nitrogens is 3. The van der Waals surface area contributed by atoms with E-state index >= 15 is 0 Å². The smallest absolute Gasteiger partial charge is 0.304 e. The number of carboxylic acids is 1. The molecule has 0 aliphatic heterocycles. The fraction of sp³-hybridized carbons (Fsp3) is 0.292. The van der Waals surface area contributed by atoms with Crippen LogP contribution in [0.5, 0.6) is 5.75 Å². The number of anilines is 1. The molecule has 164 valence electrons. The Bertz CT molecular complexity index is 1320. The minimum atomic E-state index is -0.772. The van der Waals surface area contributed by atoms with Gasteiger partial charge in [-0.1, -0.05) is 5.16 Å². The van der Waals surface area contributed by atoms with Gasteiger partial charge in [0.25, 0.3) is 5.89 Å². The number of ether oxygens (including phenoxy) is 1. The molecule has 32 heavy (non-hydrogen) atoms. The minimum Gasteiger partial charge on any atom is -0.489 e. The molecule has 0 radical (unpaired) electrons. The normalized spacial score (nSPS) is 15.4. The first-order valence-corrected chi connectivity index (χ1v) is 10.7. The predicted molar refractivity (Wildman–Crippen MR) is 121 cm³/mol. The summed E-state index contributed by atoms with van der Waals surface area (Å²) in [6.07, 6.45) is 1.88. The van der Waals surface area contributed by atoms with Crippen molar-refractivity contribution in [3.05, 3.63) is 47.7 Å². The molecule has 1 unspecified atom stereocenters. The third kappa shape index (κ3) is 3.57. The maximum atomic E-state index is 11.2. The molecule has 8 heteroatoms. The van der Waals surface area contributed by atoms with Crippen LogP contribution in [0.1, 0.15) is 43.9 Å². The van der Waals surface area contributed by atoms with E-state index in [9.17, 15) is 9.90 Å². The summed E-state index contributed by atoms with van der Waals surface area (Å²) in [5.74, 6) is 0.743. The molecule has 2 heterocycles. The number of benzene rings is 2. The van der Waals surface area contributed by atoms with E-state index in [1.165, 1.54) is 5.56 Å². The van der Waals surface area contributed by atoms with Gasteiger partial charge in [0.05, 0.1) is 18.2 Å². The van der Waals surface area contributed by atoms with Crippen LogP contribution in [0, 0.1) is 0 Å². The van der Waals surface area contributed by atoms with Crippen molar-refractivity contribution in [2.75, 3.05) is 5.73 Å². The molecule has 0 bridgehead atoms. The number of aryl methyl sites for hydroxylation is 1. The van der Waals surface area contributed by atoms with Gasteiger partial charge < -0.3 is 25.1 Å². The molecule has 1 atom stereocenters. The van der Waals surface area contributed by atoms with Gasteiger partial charge in [0.15, 0.2) is 0 Å². The summed E-state index contributed by atoms with van der Waals surface area (Å²) in [6, 6.07) is 11.4. The number of nitrogens with zero attached hydrogens (tertiary/aromatic N) is 2. The van der Waals surface area contributed by atoms with Crippen molar-refractivity contribution >= 4 is 22.6 Å². The fourth-order valence-corrected chi connectivity index (χ4v) is 4.40. The largest absolute Gasteiger partial charge is 0.489 e. The van der Waals surface area contributed by atoms with E-state index in [0.717, 1.165) is 40.6 Å². The SMILES string of the molecule is CC(C)Oc1ccc(-c2nc(-c3ccc4[nH]c5c(c4c3)CCC5CC(=O)O)no2)cc1N. The van der Waals surface area contributed by atoms with E-state index in [2.05, 4.69) is 15.1 Å². The first-order valence-electron chi connectivity index (χ1n) is 10.7. The molecule has 4 N–H and O–H groups in total. The molecule has 0 amide bonds. The Hall–Kier alpha value is -3.81. The summed E-state index contributed by atoms with van der Waals surface area (Å²) in [5.41, 5.74) is 11.4. The number of fused-ring (bicyclic) bond motifs is 3. The Kier molecular flexibility index (Phi) is 4.84. The molecular formula is C24H24N4O4. The molecule has 2 aromatic heterocycles. The van der Waals surface area contributed by atoms with E-state index < -0.39 is 5.97 Å². The molecule has 4 aromatic rings. The monoisotopic (exact) mass is 432 g/mol. The minimum absolute atomic E-state index is 0.0300. The van der Waals surface area contributed by atoms with Crippen LogP contribution < -0.4 is 10.5 Å². The van der Waals surface area contributed by atoms with E-state index in [0.29, 0.717) is 23.2 Å². The number of nitrogens with one attached hydrogen (secondary N) is 1. The maximum Gasteiger partial charge on any atom is 0.304 e. The molecular weight excluding hydrogens is 408 g/mol. The van der Waals surface area contributed by atoms with Crippen LogP contribution in [0.2, 0.25) is 0 Å². The van der Waals surface area contributed by atoms with Gasteiger partial charge in [0, 0.05) is 33.6 Å². The number of nitrogens with two attached hydrogens (primary N) is 1. The van der Waals surface area contributed by atoms with Gasteiger partial charge in [0.1, 0.15) is 5.75 Å². The van der Waals surface area contributed by atoms with Crippen LogP contribution in [-0.4, -0.2) is 32.3 Å². The average molecular weight is 432 g/mol. The van der Waals surface area contributed by atoms with Crippen LogP contribution in [-0.2, 0) is 11.2 Å². The number of carbonyl (C=O) groups is 1. The number of hydrogen-bond acceptors (Lipinski definition) is 6. The standard InChI is InChI=1S/C24H24N4O4/c1-12(2)31-20-8-5-15(10-18(20)25)24-27-23(28-32-24)14-4-7-19-17(9-14)16-6-3-13(11-21(29)30)22(16)26-19/h4-5,7-10,12-13,26H,3,6,11,25H2,1-2H3,(H,29,30). The number of aliphatic carboxylic acids is 1. The first kappa shape index (κ1) is 20.1. The highest BCUT2D eigenvalue weighted by molar-refractivity contribution is 5.89. The van der Waals surface area contributed by atoms with Gasteiger partial charge in [-0.2, -0.15) is 4.98 Å². The molecule has 0 spiro atoms. The summed E-state index contributed by atoms with van der Waals surface area (Å²) in [6.45, 7) is 3.89. The second kappa shape index (κ2) is 7.71. The Morgan fingerprint density at radius 3 is 2.84 bits per heavy atom. The quantitative estimate of drug-likeness (QED) is 0.375. The van der Waals surface area contributed by atoms with Gasteiger partial charge in [-0.3, -0.25) is 4.79 Å². The lowest BCUT2D eigenvalue weighted by Gasteiger charge is -2.12. The second-order valence-corrected chi connectivity index (χ2v) is 8.45. The van der Waals surface area contributed by atoms with E-state index in [1.807, 2.05) is 38.1 Å². The first-order chi connectivity index (χ1) is 15.4. The van der Waals surface area contributed by atoms with Gasteiger partial charge in [-0.15, -0.1) is 0 Å². The van der Waals surface area contributed by atoms with Gasteiger partial charge in [-0.05, 0) is 68.7 Å². The zero-order valence-electron chi connectivity index (χ0n) is 17.9. The molecule has 5 rings (SSSR count). The highest BCUT2D eigenvalue weighted by Crippen LogP contribution is 2.40. The topological polar surface area (TPSA) is 127 Å². The van der Waals surface area contributed by atoms with Crippen molar-refractivity contribution in [3.8, 4) is 28.6 Å². The van der Waals surface area contributed by atoms with Crippen molar-refractivity contribution in [2.45, 2.75) is 45.1 Å². The van der Waals surface area contributed by atoms with Crippen LogP contribution in [0.4, 0.5) is 5.69 Å². The van der Waals surface area contributed by atoms with E-state index in [1.54, 1.807) is 12.1 Å². The molecule has 0 saturated heterocycles. The Labute approximate surface area is 184 Å². The molecule has 0 saturated carbocycles. The number of carboxylic acid groups (broad SMARTS) is 1. The van der Waals surface area contributed by atoms with E-state index in [-0.39, 0.29) is 18.4 Å². The zero-order valence-corrected chi connectivity index (χ0v) is 17.9. The van der Waals surface area contributed by atoms with Crippen molar-refractivity contribution < 1.29 is 19.2 Å². The number of nitrogen functional groups attached to an aromatic ring is 1. The number of rotatable bonds is 6. The lowest BCUT2D eigenvalue weighted by Crippen LogP contribution is -2.07. The van der Waals surface area contributed by atoms with Crippen LogP contribution in [0.25, 0.3) is 33.7 Å². The predicted octanol–water partition coefficient (Wildman–Crippen LogP) is 4.76. The number of hydrogen-bond donors (Lipinski definition) is 3. The summed E-state index contributed by atoms with van der Waals surface area (Å²) in [4.78, 5) is 19.1. The molecule has 1 aliphatic carbocycles. The van der Waals surface area contributed by atoms with Crippen molar-refractivity contribution in [1.29, 1.82) is 0 Å². The van der Waals surface area contributed by atoms with E-state index in [4.69, 9.17) is 15.0 Å². The lowest BCUT2D eigenvalue weighted by atomic mass is 10.0. The molecule has 8 nitrogen and oxygen atoms in total. The maximum absolute atomic E-state index is 11.2. The molecule has 2 aromatic carbocycles. The molecule has 1 aliphatic rings. The zero-order chi connectivity index (χ0) is 22.4. The van der Waals surface area contributed by atoms with Crippen molar-refractivity contribution in [1.82, 2.24) is 15.1 Å². The van der Waals surface area contributed by atoms with Gasteiger partial charge in [-0.25, -0.2) is 0 Å².